The number of hydrogen-bond donors (Lipinski definition) is 0. The summed E-state index contributed by atoms with van der Waals surface area (Å²) in [6, 6.07) is 14.5. The number of carbonyl (C=O) groups excluding carboxylic acids is 1. The van der Waals surface area contributed by atoms with Crippen molar-refractivity contribution in [1.29, 1.82) is 0 Å². The van der Waals surface area contributed by atoms with Crippen molar-refractivity contribution in [2.75, 3.05) is 0 Å². The maximum atomic E-state index is 12.7. The number of nitrogens with zero attached hydrogens (tertiary/aromatic N) is 4. The molecule has 0 aliphatic rings. The smallest absolute Gasteiger partial charge is 0.343 e. The molecule has 0 fully saturated rings. The molecular weight excluding hydrogens is 520 g/mol. The van der Waals surface area contributed by atoms with Crippen LogP contribution in [0.15, 0.2) is 73.3 Å². The molecule has 0 aliphatic heterocycles. The molecule has 4 aromatic rings. The molecule has 0 unspecified atom stereocenters. The van der Waals surface area contributed by atoms with E-state index in [1.165, 1.54) is 69.8 Å². The third kappa shape index (κ3) is 9.86. The van der Waals surface area contributed by atoms with Crippen LogP contribution in [0.3, 0.4) is 0 Å². The molecule has 0 amide bonds. The zero-order chi connectivity index (χ0) is 29.4. The Morgan fingerprint density at radius 3 is 1.45 bits per heavy atom. The number of esters is 1. The molecular formula is C36H44N4O2. The molecule has 2 aromatic heterocycles. The first kappa shape index (κ1) is 31.0. The van der Waals surface area contributed by atoms with E-state index in [0.717, 1.165) is 36.0 Å². The van der Waals surface area contributed by atoms with Crippen LogP contribution < -0.4 is 4.74 Å². The van der Waals surface area contributed by atoms with Crippen molar-refractivity contribution in [3.63, 3.8) is 0 Å². The van der Waals surface area contributed by atoms with Gasteiger partial charge in [-0.15, -0.1) is 0 Å². The molecule has 0 atom stereocenters. The number of benzene rings is 2. The maximum Gasteiger partial charge on any atom is 0.343 e. The topological polar surface area (TPSA) is 77.9 Å². The first-order chi connectivity index (χ1) is 20.7. The lowest BCUT2D eigenvalue weighted by Gasteiger charge is -2.07. The molecule has 6 nitrogen and oxygen atoms in total. The van der Waals surface area contributed by atoms with E-state index in [2.05, 4.69) is 33.8 Å². The van der Waals surface area contributed by atoms with E-state index in [4.69, 9.17) is 4.74 Å². The average molecular weight is 565 g/mol. The summed E-state index contributed by atoms with van der Waals surface area (Å²) in [5.74, 6) is 1.37. The van der Waals surface area contributed by atoms with Gasteiger partial charge in [0.15, 0.2) is 11.6 Å². The van der Waals surface area contributed by atoms with Gasteiger partial charge in [0.1, 0.15) is 5.75 Å². The standard InChI is InChI=1S/C36H44N4O2/c1-3-5-7-8-9-10-11-13-15-29-26-39-35(40-27-29)31-20-22-33(23-21-31)42-36(41)32-18-16-30(17-19-32)34-37-24-28(25-38-34)14-12-6-4-2/h16-27H,3-15H2,1-2H3. The van der Waals surface area contributed by atoms with E-state index >= 15 is 0 Å². The van der Waals surface area contributed by atoms with Crippen LogP contribution in [0.1, 0.15) is 106 Å². The van der Waals surface area contributed by atoms with Gasteiger partial charge in [0.25, 0.3) is 0 Å². The van der Waals surface area contributed by atoms with E-state index in [1.807, 2.05) is 49.1 Å². The molecule has 0 N–H and O–H groups in total. The number of rotatable bonds is 17. The molecule has 4 rings (SSSR count). The maximum absolute atomic E-state index is 12.7. The summed E-state index contributed by atoms with van der Waals surface area (Å²) in [4.78, 5) is 30.9. The van der Waals surface area contributed by atoms with E-state index < -0.39 is 5.97 Å². The SMILES string of the molecule is CCCCCCCCCCc1cnc(-c2ccc(OC(=O)c3ccc(-c4ncc(CCCCC)cn4)cc3)cc2)nc1. The van der Waals surface area contributed by atoms with Crippen molar-refractivity contribution >= 4 is 5.97 Å². The summed E-state index contributed by atoms with van der Waals surface area (Å²) in [5.41, 5.74) is 4.53. The van der Waals surface area contributed by atoms with Crippen LogP contribution in [-0.4, -0.2) is 25.9 Å². The van der Waals surface area contributed by atoms with Gasteiger partial charge in [0, 0.05) is 35.9 Å². The zero-order valence-electron chi connectivity index (χ0n) is 25.2. The second kappa shape index (κ2) is 17.1. The van der Waals surface area contributed by atoms with Crippen LogP contribution in [0.5, 0.6) is 5.75 Å². The minimum Gasteiger partial charge on any atom is -0.423 e. The monoisotopic (exact) mass is 564 g/mol. The zero-order valence-corrected chi connectivity index (χ0v) is 25.2. The molecule has 0 saturated heterocycles. The molecule has 0 saturated carbocycles. The Morgan fingerprint density at radius 2 is 0.952 bits per heavy atom. The highest BCUT2D eigenvalue weighted by Crippen LogP contribution is 2.22. The van der Waals surface area contributed by atoms with Crippen LogP contribution >= 0.6 is 0 Å². The Kier molecular flexibility index (Phi) is 12.6. The third-order valence-corrected chi connectivity index (χ3v) is 7.50. The first-order valence-electron chi connectivity index (χ1n) is 15.7. The van der Waals surface area contributed by atoms with Crippen LogP contribution in [0.2, 0.25) is 0 Å². The lowest BCUT2D eigenvalue weighted by molar-refractivity contribution is 0.0735. The summed E-state index contributed by atoms with van der Waals surface area (Å²) >= 11 is 0. The molecule has 2 heterocycles. The van der Waals surface area contributed by atoms with E-state index in [0.29, 0.717) is 23.0 Å². The second-order valence-electron chi connectivity index (χ2n) is 11.0. The van der Waals surface area contributed by atoms with E-state index in [9.17, 15) is 4.79 Å². The van der Waals surface area contributed by atoms with Crippen molar-refractivity contribution in [2.24, 2.45) is 0 Å². The Bertz CT molecular complexity index is 1340. The van der Waals surface area contributed by atoms with E-state index in [1.54, 1.807) is 24.3 Å². The molecule has 2 aromatic carbocycles. The van der Waals surface area contributed by atoms with Gasteiger partial charge in [-0.3, -0.25) is 0 Å². The molecule has 0 bridgehead atoms. The summed E-state index contributed by atoms with van der Waals surface area (Å²) in [6.45, 7) is 4.45. The van der Waals surface area contributed by atoms with Gasteiger partial charge in [-0.1, -0.05) is 83.8 Å². The summed E-state index contributed by atoms with van der Waals surface area (Å²) < 4.78 is 5.60. The number of hydrogen-bond acceptors (Lipinski definition) is 6. The molecule has 42 heavy (non-hydrogen) atoms. The first-order valence-corrected chi connectivity index (χ1v) is 15.7. The number of aryl methyl sites for hydroxylation is 2. The lowest BCUT2D eigenvalue weighted by Crippen LogP contribution is -2.08. The van der Waals surface area contributed by atoms with Crippen molar-refractivity contribution in [3.05, 3.63) is 90.0 Å². The van der Waals surface area contributed by atoms with Crippen LogP contribution in [0, 0.1) is 0 Å². The predicted octanol–water partition coefficient (Wildman–Crippen LogP) is 9.24. The van der Waals surface area contributed by atoms with E-state index in [-0.39, 0.29) is 0 Å². The van der Waals surface area contributed by atoms with Crippen molar-refractivity contribution in [3.8, 4) is 28.5 Å². The summed E-state index contributed by atoms with van der Waals surface area (Å²) in [7, 11) is 0. The summed E-state index contributed by atoms with van der Waals surface area (Å²) in [5, 5.41) is 0. The molecule has 0 radical (unpaired) electrons. The lowest BCUT2D eigenvalue weighted by atomic mass is 10.1. The van der Waals surface area contributed by atoms with Gasteiger partial charge in [0.2, 0.25) is 0 Å². The number of ether oxygens (including phenoxy) is 1. The van der Waals surface area contributed by atoms with Gasteiger partial charge in [-0.25, -0.2) is 24.7 Å². The fourth-order valence-corrected chi connectivity index (χ4v) is 4.90. The number of unbranched alkanes of at least 4 members (excludes halogenated alkanes) is 9. The number of carbonyl (C=O) groups is 1. The highest BCUT2D eigenvalue weighted by molar-refractivity contribution is 5.91. The Hall–Kier alpha value is -3.93. The van der Waals surface area contributed by atoms with Gasteiger partial charge in [0.05, 0.1) is 5.56 Å². The average Bonchev–Trinajstić information content (AvgIpc) is 3.03. The summed E-state index contributed by atoms with van der Waals surface area (Å²) in [6.07, 6.45) is 23.7. The van der Waals surface area contributed by atoms with Crippen LogP contribution in [0.4, 0.5) is 0 Å². The van der Waals surface area contributed by atoms with Crippen LogP contribution in [-0.2, 0) is 12.8 Å². The number of aromatic nitrogens is 4. The van der Waals surface area contributed by atoms with Gasteiger partial charge < -0.3 is 4.74 Å². The van der Waals surface area contributed by atoms with Crippen molar-refractivity contribution < 1.29 is 9.53 Å². The fraction of sp³-hybridized carbons (Fsp3) is 0.417. The third-order valence-electron chi connectivity index (χ3n) is 7.50. The Labute approximate surface area is 251 Å². The second-order valence-corrected chi connectivity index (χ2v) is 11.0. The molecule has 220 valence electrons. The Morgan fingerprint density at radius 1 is 0.548 bits per heavy atom. The fourth-order valence-electron chi connectivity index (χ4n) is 4.90. The molecule has 0 spiro atoms. The van der Waals surface area contributed by atoms with Gasteiger partial charge >= 0.3 is 5.97 Å². The minimum absolute atomic E-state index is 0.414. The van der Waals surface area contributed by atoms with Crippen LogP contribution in [0.25, 0.3) is 22.8 Å². The Balaban J connectivity index is 1.23. The largest absolute Gasteiger partial charge is 0.423 e. The van der Waals surface area contributed by atoms with Crippen molar-refractivity contribution in [1.82, 2.24) is 19.9 Å². The molecule has 6 heteroatoms. The van der Waals surface area contributed by atoms with Gasteiger partial charge in [-0.2, -0.15) is 0 Å². The molecule has 0 aliphatic carbocycles. The van der Waals surface area contributed by atoms with Gasteiger partial charge in [-0.05, 0) is 73.2 Å². The predicted molar refractivity (Wildman–Crippen MR) is 169 cm³/mol. The normalized spacial score (nSPS) is 11.0. The van der Waals surface area contributed by atoms with Crippen molar-refractivity contribution in [2.45, 2.75) is 97.3 Å². The highest BCUT2D eigenvalue weighted by Gasteiger charge is 2.11. The minimum atomic E-state index is -0.414. The quantitative estimate of drug-likeness (QED) is 0.0722. The highest BCUT2D eigenvalue weighted by atomic mass is 16.5.